The van der Waals surface area contributed by atoms with Crippen LogP contribution in [0, 0.1) is 0 Å². The predicted octanol–water partition coefficient (Wildman–Crippen LogP) is 12.9. The third kappa shape index (κ3) is 3.77. The lowest BCUT2D eigenvalue weighted by atomic mass is 9.79. The van der Waals surface area contributed by atoms with Crippen molar-refractivity contribution in [3.8, 4) is 22.3 Å². The van der Waals surface area contributed by atoms with Crippen molar-refractivity contribution in [2.75, 3.05) is 0 Å². The molecule has 44 heavy (non-hydrogen) atoms. The van der Waals surface area contributed by atoms with Gasteiger partial charge in [0.15, 0.2) is 0 Å². The quantitative estimate of drug-likeness (QED) is 0.137. The molecule has 0 amide bonds. The van der Waals surface area contributed by atoms with Gasteiger partial charge in [0, 0.05) is 5.41 Å². The van der Waals surface area contributed by atoms with Crippen LogP contribution in [0.4, 0.5) is 0 Å². The average molecular weight is 565 g/mol. The lowest BCUT2D eigenvalue weighted by Crippen LogP contribution is -2.15. The van der Waals surface area contributed by atoms with Crippen molar-refractivity contribution in [2.24, 2.45) is 0 Å². The normalized spacial score (nSPS) is 12.9. The fourth-order valence-electron chi connectivity index (χ4n) is 7.72. The smallest absolute Gasteiger partial charge is 0.0165 e. The highest BCUT2D eigenvalue weighted by Gasteiger charge is 2.39. The number of hydrogen-bond donors (Lipinski definition) is 0. The third-order valence-corrected chi connectivity index (χ3v) is 9.36. The highest BCUT2D eigenvalue weighted by molar-refractivity contribution is 6.26. The lowest BCUT2D eigenvalue weighted by molar-refractivity contribution is 0.666. The molecule has 0 heteroatoms. The van der Waals surface area contributed by atoms with Gasteiger partial charge in [-0.3, -0.25) is 0 Å². The minimum absolute atomic E-state index is 0.103. The molecule has 0 spiro atoms. The zero-order valence-corrected chi connectivity index (χ0v) is 25.7. The van der Waals surface area contributed by atoms with Crippen LogP contribution in [0.15, 0.2) is 147 Å². The Hall–Kier alpha value is -5.20. The molecule has 212 valence electrons. The summed E-state index contributed by atoms with van der Waals surface area (Å²) in [7, 11) is 0. The van der Waals surface area contributed by atoms with E-state index in [-0.39, 0.29) is 5.41 Å². The maximum Gasteiger partial charge on any atom is 0.0165 e. The minimum atomic E-state index is -0.103. The predicted molar refractivity (Wildman–Crippen MR) is 195 cm³/mol. The van der Waals surface area contributed by atoms with E-state index in [0.717, 1.165) is 0 Å². The first-order chi connectivity index (χ1) is 21.5. The molecule has 0 radical (unpaired) electrons. The van der Waals surface area contributed by atoms with Crippen molar-refractivity contribution < 1.29 is 0 Å². The Morgan fingerprint density at radius 1 is 0.477 bits per heavy atom. The molecule has 1 aliphatic rings. The van der Waals surface area contributed by atoms with Crippen molar-refractivity contribution in [2.45, 2.75) is 26.2 Å². The van der Waals surface area contributed by atoms with E-state index >= 15 is 0 Å². The Morgan fingerprint density at radius 3 is 1.68 bits per heavy atom. The van der Waals surface area contributed by atoms with Crippen LogP contribution in [0.2, 0.25) is 0 Å². The van der Waals surface area contributed by atoms with Crippen LogP contribution in [0.1, 0.15) is 31.9 Å². The van der Waals surface area contributed by atoms with Gasteiger partial charge in [-0.1, -0.05) is 141 Å². The van der Waals surface area contributed by atoms with E-state index in [1.165, 1.54) is 87.2 Å². The van der Waals surface area contributed by atoms with E-state index in [4.69, 9.17) is 0 Å². The third-order valence-electron chi connectivity index (χ3n) is 9.36. The molecule has 0 atom stereocenters. The van der Waals surface area contributed by atoms with Gasteiger partial charge in [-0.2, -0.15) is 0 Å². The second-order valence-electron chi connectivity index (χ2n) is 12.1. The van der Waals surface area contributed by atoms with Crippen molar-refractivity contribution in [3.63, 3.8) is 0 Å². The molecule has 9 rings (SSSR count). The number of rotatable bonds is 1. The highest BCUT2D eigenvalue weighted by Crippen LogP contribution is 2.57. The fraction of sp³-hybridized carbons (Fsp3) is 0.0909. The Kier molecular flexibility index (Phi) is 6.60. The molecule has 0 N–H and O–H groups in total. The van der Waals surface area contributed by atoms with Crippen LogP contribution in [-0.2, 0) is 5.41 Å². The second-order valence-corrected chi connectivity index (χ2v) is 12.1. The first kappa shape index (κ1) is 27.6. The van der Waals surface area contributed by atoms with Gasteiger partial charge < -0.3 is 0 Å². The largest absolute Gasteiger partial charge is 0.106 e. The number of fused-ring (bicyclic) bond motifs is 8. The number of benzene rings is 8. The van der Waals surface area contributed by atoms with Gasteiger partial charge in [-0.25, -0.2) is 0 Å². The first-order valence-corrected chi connectivity index (χ1v) is 15.4. The summed E-state index contributed by atoms with van der Waals surface area (Å²) in [6.07, 6.45) is 1.75. The summed E-state index contributed by atoms with van der Waals surface area (Å²) in [6.45, 7) is 16.1. The van der Waals surface area contributed by atoms with E-state index in [1.807, 2.05) is 6.92 Å². The van der Waals surface area contributed by atoms with Crippen molar-refractivity contribution in [1.29, 1.82) is 0 Å². The monoisotopic (exact) mass is 564 g/mol. The zero-order valence-electron chi connectivity index (χ0n) is 25.7. The van der Waals surface area contributed by atoms with Gasteiger partial charge in [-0.05, 0) is 94.2 Å². The minimum Gasteiger partial charge on any atom is -0.106 e. The fourth-order valence-corrected chi connectivity index (χ4v) is 7.72. The van der Waals surface area contributed by atoms with Crippen LogP contribution >= 0.6 is 0 Å². The Labute approximate surface area is 259 Å². The van der Waals surface area contributed by atoms with Gasteiger partial charge in [0.05, 0.1) is 0 Å². The van der Waals surface area contributed by atoms with E-state index in [9.17, 15) is 0 Å². The Morgan fingerprint density at radius 2 is 1.00 bits per heavy atom. The van der Waals surface area contributed by atoms with Crippen LogP contribution < -0.4 is 0 Å². The molecule has 0 heterocycles. The van der Waals surface area contributed by atoms with Crippen LogP contribution in [0.3, 0.4) is 0 Å². The second kappa shape index (κ2) is 10.5. The maximum atomic E-state index is 3.36. The molecule has 0 fully saturated rings. The average Bonchev–Trinajstić information content (AvgIpc) is 3.32. The zero-order chi connectivity index (χ0) is 30.6. The van der Waals surface area contributed by atoms with Crippen LogP contribution in [0.5, 0.6) is 0 Å². The summed E-state index contributed by atoms with van der Waals surface area (Å²) in [5.41, 5.74) is 8.23. The molecule has 8 aromatic carbocycles. The Balaban J connectivity index is 0.000000592. The molecule has 0 aromatic heterocycles. The van der Waals surface area contributed by atoms with Gasteiger partial charge in [-0.15, -0.1) is 19.7 Å². The molecule has 0 bridgehead atoms. The summed E-state index contributed by atoms with van der Waals surface area (Å²) in [6, 6.07) is 45.5. The standard InChI is InChI=1S/C39H26.C3H6.C2H4/c1-39(2)33-16-8-15-29(28-21-19-25-18-17-23-9-7-10-24-20-22-31(28)35(25)34(23)24)36(33)37-30-13-5-3-11-26(30)27-12-4-6-14-32(27)38(37)39;1-3-2;1-2/h3-22H,1-2H3;3H,1H2,2H3;1-2H2. The summed E-state index contributed by atoms with van der Waals surface area (Å²) < 4.78 is 0. The molecule has 0 saturated heterocycles. The first-order valence-electron chi connectivity index (χ1n) is 15.4. The summed E-state index contributed by atoms with van der Waals surface area (Å²) >= 11 is 0. The summed E-state index contributed by atoms with van der Waals surface area (Å²) in [4.78, 5) is 0. The van der Waals surface area contributed by atoms with Crippen LogP contribution in [0.25, 0.3) is 76.1 Å². The molecule has 0 unspecified atom stereocenters. The number of hydrogen-bond acceptors (Lipinski definition) is 0. The van der Waals surface area contributed by atoms with E-state index in [0.29, 0.717) is 0 Å². The molecule has 0 nitrogen and oxygen atoms in total. The summed E-state index contributed by atoms with van der Waals surface area (Å²) in [5, 5.41) is 13.4. The van der Waals surface area contributed by atoms with E-state index in [1.54, 1.807) is 6.08 Å². The van der Waals surface area contributed by atoms with Gasteiger partial charge >= 0.3 is 0 Å². The lowest BCUT2D eigenvalue weighted by Gasteiger charge is -2.24. The van der Waals surface area contributed by atoms with Crippen molar-refractivity contribution in [1.82, 2.24) is 0 Å². The van der Waals surface area contributed by atoms with Gasteiger partial charge in [0.25, 0.3) is 0 Å². The van der Waals surface area contributed by atoms with Crippen LogP contribution in [-0.4, -0.2) is 0 Å². The SMILES string of the molecule is C=C.C=CC.CC1(C)c2cccc(-c3ccc4ccc5cccc6ccc3c4c56)c2-c2c1c1ccccc1c1ccccc21. The summed E-state index contributed by atoms with van der Waals surface area (Å²) in [5.74, 6) is 0. The maximum absolute atomic E-state index is 3.36. The topological polar surface area (TPSA) is 0 Å². The van der Waals surface area contributed by atoms with Crippen molar-refractivity contribution >= 4 is 53.9 Å². The van der Waals surface area contributed by atoms with Gasteiger partial charge in [0.2, 0.25) is 0 Å². The Bertz CT molecular complexity index is 2350. The molecule has 0 saturated carbocycles. The molecule has 1 aliphatic carbocycles. The molecular weight excluding hydrogens is 528 g/mol. The molecular formula is C44H36. The molecule has 8 aromatic rings. The molecule has 0 aliphatic heterocycles. The van der Waals surface area contributed by atoms with E-state index < -0.39 is 0 Å². The highest BCUT2D eigenvalue weighted by atomic mass is 14.4. The van der Waals surface area contributed by atoms with Crippen molar-refractivity contribution in [3.05, 3.63) is 158 Å². The van der Waals surface area contributed by atoms with Gasteiger partial charge in [0.1, 0.15) is 0 Å². The number of allylic oxidation sites excluding steroid dienone is 1. The van der Waals surface area contributed by atoms with E-state index in [2.05, 4.69) is 155 Å².